The zero-order chi connectivity index (χ0) is 17.2. The summed E-state index contributed by atoms with van der Waals surface area (Å²) in [7, 11) is 0. The molecule has 2 aliphatic heterocycles. The minimum Gasteiger partial charge on any atom is -0.273 e. The number of carbonyl (C=O) groups excluding carboxylic acids is 2. The number of amides is 2. The largest absolute Gasteiger partial charge is 0.273 e. The molecule has 0 aliphatic carbocycles. The standard InChI is InChI=1S/C21H22N2O2/c24-20-12-13-21(25)23(20)22-14-6-10-18(22)15-17-9-4-5-11-19(17)16-7-2-1-3-8-16/h1-5,7-9,11,18H,6,10,12-15H2. The van der Waals surface area contributed by atoms with Gasteiger partial charge in [-0.3, -0.25) is 9.59 Å². The molecule has 4 rings (SSSR count). The summed E-state index contributed by atoms with van der Waals surface area (Å²) in [6.45, 7) is 0.787. The van der Waals surface area contributed by atoms with Crippen LogP contribution in [0.25, 0.3) is 11.1 Å². The van der Waals surface area contributed by atoms with Gasteiger partial charge in [-0.05, 0) is 36.0 Å². The Morgan fingerprint density at radius 2 is 1.56 bits per heavy atom. The average Bonchev–Trinajstić information content (AvgIpc) is 3.22. The van der Waals surface area contributed by atoms with Crippen molar-refractivity contribution < 1.29 is 9.59 Å². The maximum atomic E-state index is 12.1. The fourth-order valence-corrected chi connectivity index (χ4v) is 3.99. The number of hydrogen-bond donors (Lipinski definition) is 0. The Morgan fingerprint density at radius 1 is 0.880 bits per heavy atom. The third kappa shape index (κ3) is 3.10. The van der Waals surface area contributed by atoms with Crippen molar-refractivity contribution >= 4 is 11.8 Å². The summed E-state index contributed by atoms with van der Waals surface area (Å²) in [5, 5.41) is 3.43. The summed E-state index contributed by atoms with van der Waals surface area (Å²) in [6, 6.07) is 19.0. The molecule has 2 aliphatic rings. The minimum atomic E-state index is -0.0479. The summed E-state index contributed by atoms with van der Waals surface area (Å²) >= 11 is 0. The van der Waals surface area contributed by atoms with Gasteiger partial charge >= 0.3 is 0 Å². The topological polar surface area (TPSA) is 40.6 Å². The first-order valence-electron chi connectivity index (χ1n) is 9.00. The van der Waals surface area contributed by atoms with Crippen LogP contribution in [0.3, 0.4) is 0 Å². The van der Waals surface area contributed by atoms with Crippen molar-refractivity contribution in [1.29, 1.82) is 0 Å². The van der Waals surface area contributed by atoms with Crippen LogP contribution in [-0.2, 0) is 16.0 Å². The highest BCUT2D eigenvalue weighted by molar-refractivity contribution is 6.01. The lowest BCUT2D eigenvalue weighted by atomic mass is 9.94. The molecule has 0 bridgehead atoms. The Bertz CT molecular complexity index is 771. The fourth-order valence-electron chi connectivity index (χ4n) is 3.99. The van der Waals surface area contributed by atoms with Crippen LogP contribution in [0.2, 0.25) is 0 Å². The molecule has 128 valence electrons. The lowest BCUT2D eigenvalue weighted by Gasteiger charge is -2.32. The van der Waals surface area contributed by atoms with Gasteiger partial charge in [0.1, 0.15) is 0 Å². The van der Waals surface area contributed by atoms with Crippen molar-refractivity contribution in [2.24, 2.45) is 0 Å². The van der Waals surface area contributed by atoms with Crippen LogP contribution in [0.5, 0.6) is 0 Å². The van der Waals surface area contributed by atoms with E-state index >= 15 is 0 Å². The van der Waals surface area contributed by atoms with E-state index in [1.54, 1.807) is 0 Å². The van der Waals surface area contributed by atoms with E-state index in [1.165, 1.54) is 21.7 Å². The SMILES string of the molecule is O=C1CCC(=O)N1N1CCCC1Cc1ccccc1-c1ccccc1. The van der Waals surface area contributed by atoms with Gasteiger partial charge in [0.05, 0.1) is 0 Å². The number of carbonyl (C=O) groups is 2. The Balaban J connectivity index is 1.60. The van der Waals surface area contributed by atoms with Gasteiger partial charge in [-0.1, -0.05) is 54.6 Å². The molecule has 0 saturated carbocycles. The summed E-state index contributed by atoms with van der Waals surface area (Å²) in [6.07, 6.45) is 3.59. The minimum absolute atomic E-state index is 0.0479. The van der Waals surface area contributed by atoms with Gasteiger partial charge in [0.2, 0.25) is 11.8 Å². The quantitative estimate of drug-likeness (QED) is 0.805. The molecule has 2 amide bonds. The monoisotopic (exact) mass is 334 g/mol. The summed E-state index contributed by atoms with van der Waals surface area (Å²) in [5.41, 5.74) is 3.70. The van der Waals surface area contributed by atoms with Gasteiger partial charge in [-0.2, -0.15) is 0 Å². The van der Waals surface area contributed by atoms with E-state index in [9.17, 15) is 9.59 Å². The summed E-state index contributed by atoms with van der Waals surface area (Å²) in [5.74, 6) is -0.0958. The maximum absolute atomic E-state index is 12.1. The Hall–Kier alpha value is -2.46. The van der Waals surface area contributed by atoms with Crippen molar-refractivity contribution in [2.75, 3.05) is 6.54 Å². The molecule has 0 radical (unpaired) electrons. The fraction of sp³-hybridized carbons (Fsp3) is 0.333. The molecule has 1 unspecified atom stereocenters. The molecule has 2 aromatic carbocycles. The summed E-state index contributed by atoms with van der Waals surface area (Å²) in [4.78, 5) is 24.2. The molecule has 4 nitrogen and oxygen atoms in total. The molecular weight excluding hydrogens is 312 g/mol. The molecule has 2 heterocycles. The van der Waals surface area contributed by atoms with Gasteiger partial charge in [0.15, 0.2) is 0 Å². The maximum Gasteiger partial charge on any atom is 0.244 e. The average molecular weight is 334 g/mol. The van der Waals surface area contributed by atoms with E-state index in [1.807, 2.05) is 11.1 Å². The van der Waals surface area contributed by atoms with Crippen LogP contribution in [0.15, 0.2) is 54.6 Å². The van der Waals surface area contributed by atoms with E-state index in [4.69, 9.17) is 0 Å². The van der Waals surface area contributed by atoms with E-state index < -0.39 is 0 Å². The van der Waals surface area contributed by atoms with Gasteiger partial charge in [0.25, 0.3) is 0 Å². The number of benzene rings is 2. The third-order valence-electron chi connectivity index (χ3n) is 5.19. The van der Waals surface area contributed by atoms with Gasteiger partial charge in [0, 0.05) is 25.4 Å². The highest BCUT2D eigenvalue weighted by atomic mass is 16.2. The zero-order valence-electron chi connectivity index (χ0n) is 14.2. The number of rotatable bonds is 4. The Morgan fingerprint density at radius 3 is 2.32 bits per heavy atom. The van der Waals surface area contributed by atoms with Crippen LogP contribution >= 0.6 is 0 Å². The van der Waals surface area contributed by atoms with Crippen molar-refractivity contribution in [1.82, 2.24) is 10.0 Å². The van der Waals surface area contributed by atoms with Gasteiger partial charge < -0.3 is 0 Å². The van der Waals surface area contributed by atoms with Gasteiger partial charge in [-0.25, -0.2) is 10.0 Å². The van der Waals surface area contributed by atoms with Crippen LogP contribution in [0, 0.1) is 0 Å². The lowest BCUT2D eigenvalue weighted by Crippen LogP contribution is -2.49. The molecule has 0 N–H and O–H groups in total. The molecule has 0 aromatic heterocycles. The first-order chi connectivity index (χ1) is 12.2. The molecule has 0 spiro atoms. The van der Waals surface area contributed by atoms with Crippen molar-refractivity contribution in [3.63, 3.8) is 0 Å². The van der Waals surface area contributed by atoms with E-state index in [0.717, 1.165) is 25.8 Å². The molecule has 2 fully saturated rings. The van der Waals surface area contributed by atoms with Crippen molar-refractivity contribution in [2.45, 2.75) is 38.1 Å². The normalized spacial score (nSPS) is 21.3. The number of nitrogens with zero attached hydrogens (tertiary/aromatic N) is 2. The van der Waals surface area contributed by atoms with Crippen LogP contribution < -0.4 is 0 Å². The molecule has 2 aromatic rings. The van der Waals surface area contributed by atoms with Gasteiger partial charge in [-0.15, -0.1) is 0 Å². The van der Waals surface area contributed by atoms with Crippen LogP contribution in [-0.4, -0.2) is 34.4 Å². The first kappa shape index (κ1) is 16.0. The second kappa shape index (κ2) is 6.81. The third-order valence-corrected chi connectivity index (χ3v) is 5.19. The van der Waals surface area contributed by atoms with Crippen LogP contribution in [0.1, 0.15) is 31.2 Å². The lowest BCUT2D eigenvalue weighted by molar-refractivity contribution is -0.158. The highest BCUT2D eigenvalue weighted by Crippen LogP contribution is 2.30. The predicted octanol–water partition coefficient (Wildman–Crippen LogP) is 3.42. The van der Waals surface area contributed by atoms with Crippen molar-refractivity contribution in [3.05, 3.63) is 60.2 Å². The molecule has 4 heteroatoms. The Labute approximate surface area is 148 Å². The first-order valence-corrected chi connectivity index (χ1v) is 9.00. The predicted molar refractivity (Wildman–Crippen MR) is 96.4 cm³/mol. The van der Waals surface area contributed by atoms with E-state index in [2.05, 4.69) is 48.5 Å². The van der Waals surface area contributed by atoms with E-state index in [-0.39, 0.29) is 17.9 Å². The second-order valence-corrected chi connectivity index (χ2v) is 6.79. The van der Waals surface area contributed by atoms with Crippen molar-refractivity contribution in [3.8, 4) is 11.1 Å². The Kier molecular flexibility index (Phi) is 4.36. The number of hydrogen-bond acceptors (Lipinski definition) is 3. The summed E-state index contributed by atoms with van der Waals surface area (Å²) < 4.78 is 0. The molecular formula is C21H22N2O2. The van der Waals surface area contributed by atoms with Crippen LogP contribution in [0.4, 0.5) is 0 Å². The highest BCUT2D eigenvalue weighted by Gasteiger charge is 2.39. The number of imide groups is 1. The smallest absolute Gasteiger partial charge is 0.244 e. The molecule has 25 heavy (non-hydrogen) atoms. The zero-order valence-corrected chi connectivity index (χ0v) is 14.2. The van der Waals surface area contributed by atoms with E-state index in [0.29, 0.717) is 12.8 Å². The molecule has 2 saturated heterocycles. The number of hydrazine groups is 1. The molecule has 1 atom stereocenters. The second-order valence-electron chi connectivity index (χ2n) is 6.79.